The van der Waals surface area contributed by atoms with Gasteiger partial charge in [-0.15, -0.1) is 0 Å². The van der Waals surface area contributed by atoms with Crippen LogP contribution in [0, 0.1) is 17.5 Å². The third-order valence-electron chi connectivity index (χ3n) is 7.79. The Morgan fingerprint density at radius 3 is 2.70 bits per heavy atom. The second-order valence-electron chi connectivity index (χ2n) is 10.7. The van der Waals surface area contributed by atoms with Crippen LogP contribution in [0.5, 0.6) is 17.2 Å². The van der Waals surface area contributed by atoms with Crippen LogP contribution in [0.2, 0.25) is 0 Å². The predicted octanol–water partition coefficient (Wildman–Crippen LogP) is 6.54. The number of rotatable bonds is 8. The van der Waals surface area contributed by atoms with E-state index < -0.39 is 49.3 Å². The standard InChI is InChI=1S/C31H25F3N2O7S/c1-31(11-13-41-27-16(6-9-23(37)38)4-3-5-20(27)31)22-15-42-30(36-22)19-14-17(7-8-21(19)32)43-28-25(34)24(33)26-18(10-12-35-26)29(28)44(2,39)40/h3-5,7-8,10,12,14-15,35H,6,9,11,13H2,1-2H3,(H,37,38)/t31-/m0/s1. The average Bonchev–Trinajstić information content (AvgIpc) is 3.66. The summed E-state index contributed by atoms with van der Waals surface area (Å²) >= 11 is 0. The Kier molecular flexibility index (Phi) is 7.15. The van der Waals surface area contributed by atoms with Crippen molar-refractivity contribution in [1.82, 2.24) is 9.97 Å². The fourth-order valence-electron chi connectivity index (χ4n) is 5.52. The van der Waals surface area contributed by atoms with Crippen molar-refractivity contribution in [2.45, 2.75) is 36.5 Å². The first-order chi connectivity index (χ1) is 20.9. The molecule has 0 aliphatic carbocycles. The van der Waals surface area contributed by atoms with E-state index >= 15 is 8.78 Å². The number of sulfone groups is 1. The van der Waals surface area contributed by atoms with Crippen LogP contribution < -0.4 is 9.47 Å². The van der Waals surface area contributed by atoms with Crippen LogP contribution in [0.25, 0.3) is 22.4 Å². The maximum Gasteiger partial charge on any atom is 0.303 e. The van der Waals surface area contributed by atoms with Gasteiger partial charge in [-0.1, -0.05) is 18.2 Å². The SMILES string of the molecule is C[C@]1(c2coc(-c3cc(Oc4c(F)c(F)c5[nH]ccc5c4S(C)(=O)=O)ccc3F)n2)CCOc2c(CCC(=O)O)cccc21. The number of para-hydroxylation sites is 1. The number of hydrogen-bond donors (Lipinski definition) is 2. The summed E-state index contributed by atoms with van der Waals surface area (Å²) in [6.07, 6.45) is 4.21. The molecule has 1 aliphatic rings. The number of oxazole rings is 1. The number of aryl methyl sites for hydroxylation is 1. The second-order valence-corrected chi connectivity index (χ2v) is 12.7. The van der Waals surface area contributed by atoms with Crippen molar-refractivity contribution in [2.75, 3.05) is 12.9 Å². The van der Waals surface area contributed by atoms with E-state index in [2.05, 4.69) is 9.97 Å². The summed E-state index contributed by atoms with van der Waals surface area (Å²) in [6.45, 7) is 2.25. The zero-order chi connectivity index (χ0) is 31.4. The molecule has 44 heavy (non-hydrogen) atoms. The lowest BCUT2D eigenvalue weighted by Crippen LogP contribution is -2.32. The molecule has 13 heteroatoms. The third kappa shape index (κ3) is 4.96. The first kappa shape index (κ1) is 29.3. The molecule has 1 atom stereocenters. The van der Waals surface area contributed by atoms with Gasteiger partial charge in [0.15, 0.2) is 21.4 Å². The van der Waals surface area contributed by atoms with Gasteiger partial charge >= 0.3 is 5.97 Å². The van der Waals surface area contributed by atoms with Gasteiger partial charge in [0.1, 0.15) is 28.5 Å². The topological polar surface area (TPSA) is 132 Å². The average molecular weight is 627 g/mol. The molecule has 6 rings (SSSR count). The van der Waals surface area contributed by atoms with E-state index in [0.717, 1.165) is 35.6 Å². The van der Waals surface area contributed by atoms with Crippen LogP contribution in [0.1, 0.15) is 36.6 Å². The number of H-pyrrole nitrogens is 1. The minimum absolute atomic E-state index is 0.0659. The number of nitrogens with zero attached hydrogens (tertiary/aromatic N) is 1. The minimum atomic E-state index is -4.11. The van der Waals surface area contributed by atoms with Crippen molar-refractivity contribution in [3.8, 4) is 28.7 Å². The number of hydrogen-bond acceptors (Lipinski definition) is 7. The lowest BCUT2D eigenvalue weighted by molar-refractivity contribution is -0.136. The Bertz CT molecular complexity index is 2050. The molecule has 0 fully saturated rings. The summed E-state index contributed by atoms with van der Waals surface area (Å²) in [5, 5.41) is 9.04. The Morgan fingerprint density at radius 2 is 1.95 bits per heavy atom. The van der Waals surface area contributed by atoms with Crippen LogP contribution in [0.15, 0.2) is 64.2 Å². The highest BCUT2D eigenvalue weighted by Gasteiger charge is 2.39. The number of aromatic nitrogens is 2. The third-order valence-corrected chi connectivity index (χ3v) is 8.93. The van der Waals surface area contributed by atoms with E-state index in [0.29, 0.717) is 24.5 Å². The molecule has 228 valence electrons. The summed E-state index contributed by atoms with van der Waals surface area (Å²) in [5.74, 6) is -5.16. The van der Waals surface area contributed by atoms with Gasteiger partial charge in [-0.3, -0.25) is 4.79 Å². The van der Waals surface area contributed by atoms with Crippen molar-refractivity contribution < 1.29 is 45.4 Å². The van der Waals surface area contributed by atoms with Gasteiger partial charge in [-0.2, -0.15) is 4.39 Å². The summed E-state index contributed by atoms with van der Waals surface area (Å²) in [4.78, 5) is 17.6. The molecule has 0 unspecified atom stereocenters. The number of carbonyl (C=O) groups is 1. The molecule has 2 N–H and O–H groups in total. The molecule has 3 heterocycles. The Hall–Kier alpha value is -4.78. The van der Waals surface area contributed by atoms with Gasteiger partial charge in [-0.05, 0) is 49.6 Å². The van der Waals surface area contributed by atoms with E-state index in [-0.39, 0.29) is 40.9 Å². The largest absolute Gasteiger partial charge is 0.493 e. The number of carboxylic acids is 1. The maximum atomic E-state index is 15.1. The van der Waals surface area contributed by atoms with Crippen LogP contribution in [-0.4, -0.2) is 42.3 Å². The number of carboxylic acid groups (broad SMARTS) is 1. The van der Waals surface area contributed by atoms with Gasteiger partial charge in [0.25, 0.3) is 0 Å². The number of aromatic amines is 1. The smallest absolute Gasteiger partial charge is 0.303 e. The predicted molar refractivity (Wildman–Crippen MR) is 152 cm³/mol. The molecule has 1 aliphatic heterocycles. The van der Waals surface area contributed by atoms with E-state index in [1.54, 1.807) is 6.07 Å². The minimum Gasteiger partial charge on any atom is -0.493 e. The number of halogens is 3. The van der Waals surface area contributed by atoms with E-state index in [9.17, 15) is 17.6 Å². The monoisotopic (exact) mass is 626 g/mol. The molecule has 0 bridgehead atoms. The zero-order valence-electron chi connectivity index (χ0n) is 23.4. The first-order valence-corrected chi connectivity index (χ1v) is 15.4. The maximum absolute atomic E-state index is 15.1. The molecule has 0 saturated heterocycles. The number of aliphatic carboxylic acids is 1. The van der Waals surface area contributed by atoms with E-state index in [1.165, 1.54) is 18.5 Å². The fraction of sp³-hybridized carbons (Fsp3) is 0.226. The second kappa shape index (κ2) is 10.7. The molecule has 3 aromatic carbocycles. The molecule has 2 aromatic heterocycles. The number of ether oxygens (including phenoxy) is 2. The zero-order valence-corrected chi connectivity index (χ0v) is 24.2. The molecule has 0 saturated carbocycles. The van der Waals surface area contributed by atoms with Crippen molar-refractivity contribution >= 4 is 26.7 Å². The quantitative estimate of drug-likeness (QED) is 0.186. The van der Waals surface area contributed by atoms with Crippen LogP contribution in [-0.2, 0) is 26.5 Å². The van der Waals surface area contributed by atoms with Crippen molar-refractivity contribution in [3.05, 3.63) is 89.2 Å². The highest BCUT2D eigenvalue weighted by Crippen LogP contribution is 2.46. The number of nitrogens with one attached hydrogen (secondary N) is 1. The Balaban J connectivity index is 1.38. The Labute approximate surface area is 249 Å². The Morgan fingerprint density at radius 1 is 1.16 bits per heavy atom. The van der Waals surface area contributed by atoms with Crippen LogP contribution >= 0.6 is 0 Å². The highest BCUT2D eigenvalue weighted by molar-refractivity contribution is 7.91. The van der Waals surface area contributed by atoms with Crippen LogP contribution in [0.4, 0.5) is 13.2 Å². The van der Waals surface area contributed by atoms with E-state index in [4.69, 9.17) is 19.0 Å². The lowest BCUT2D eigenvalue weighted by atomic mass is 9.74. The molecule has 0 spiro atoms. The van der Waals surface area contributed by atoms with E-state index in [1.807, 2.05) is 19.1 Å². The molecule has 0 amide bonds. The summed E-state index contributed by atoms with van der Waals surface area (Å²) in [7, 11) is -4.11. The van der Waals surface area contributed by atoms with Gasteiger partial charge < -0.3 is 24.0 Å². The number of benzene rings is 3. The van der Waals surface area contributed by atoms with Gasteiger partial charge in [0, 0.05) is 35.2 Å². The van der Waals surface area contributed by atoms with Crippen molar-refractivity contribution in [2.24, 2.45) is 0 Å². The number of fused-ring (bicyclic) bond motifs is 2. The molecule has 5 aromatic rings. The van der Waals surface area contributed by atoms with Crippen molar-refractivity contribution in [3.63, 3.8) is 0 Å². The van der Waals surface area contributed by atoms with Gasteiger partial charge in [0.05, 0.1) is 23.4 Å². The van der Waals surface area contributed by atoms with Gasteiger partial charge in [-0.25, -0.2) is 22.2 Å². The highest BCUT2D eigenvalue weighted by atomic mass is 32.2. The molecular formula is C31H25F3N2O7S. The first-order valence-electron chi connectivity index (χ1n) is 13.5. The summed E-state index contributed by atoms with van der Waals surface area (Å²) in [5.41, 5.74) is 0.753. The van der Waals surface area contributed by atoms with Gasteiger partial charge in [0.2, 0.25) is 11.7 Å². The molecule has 9 nitrogen and oxygen atoms in total. The summed E-state index contributed by atoms with van der Waals surface area (Å²) in [6, 6.07) is 10.1. The van der Waals surface area contributed by atoms with Crippen LogP contribution in [0.3, 0.4) is 0 Å². The fourth-order valence-corrected chi connectivity index (χ4v) is 6.56. The molecule has 0 radical (unpaired) electrons. The normalized spacial score (nSPS) is 16.5. The van der Waals surface area contributed by atoms with Crippen molar-refractivity contribution in [1.29, 1.82) is 0 Å². The summed E-state index contributed by atoms with van der Waals surface area (Å²) < 4.78 is 87.5. The molecular weight excluding hydrogens is 601 g/mol. The lowest BCUT2D eigenvalue weighted by Gasteiger charge is -2.35.